The standard InChI is InChI=1S/C25H31N5O2S3/c1-17-22(35-18(2)26-17)25(32)29-9-5-19(6-10-29)23-27-21(16-34-23)24(31)30-13-11-28(12-14-30)8-7-20-4-3-15-33-20/h3-4,15-16,19H,5-14H2,1-2H3. The minimum absolute atomic E-state index is 0.0501. The minimum atomic E-state index is 0.0501. The average Bonchev–Trinajstić information content (AvgIpc) is 3.64. The van der Waals surface area contributed by atoms with Crippen LogP contribution in [-0.2, 0) is 6.42 Å². The van der Waals surface area contributed by atoms with Crippen molar-refractivity contribution in [1.82, 2.24) is 24.7 Å². The van der Waals surface area contributed by atoms with E-state index in [-0.39, 0.29) is 11.8 Å². The van der Waals surface area contributed by atoms with Crippen LogP contribution in [-0.4, -0.2) is 82.3 Å². The molecule has 186 valence electrons. The van der Waals surface area contributed by atoms with Crippen LogP contribution in [0, 0.1) is 13.8 Å². The molecule has 3 aromatic rings. The lowest BCUT2D eigenvalue weighted by molar-refractivity contribution is 0.0633. The van der Waals surface area contributed by atoms with Crippen molar-refractivity contribution >= 4 is 45.8 Å². The van der Waals surface area contributed by atoms with Gasteiger partial charge >= 0.3 is 0 Å². The molecule has 0 aliphatic carbocycles. The third-order valence-corrected chi connectivity index (χ3v) is 9.89. The van der Waals surface area contributed by atoms with Gasteiger partial charge in [0.05, 0.1) is 15.7 Å². The summed E-state index contributed by atoms with van der Waals surface area (Å²) < 4.78 is 0. The first kappa shape index (κ1) is 24.5. The van der Waals surface area contributed by atoms with Gasteiger partial charge < -0.3 is 9.80 Å². The zero-order valence-electron chi connectivity index (χ0n) is 20.2. The van der Waals surface area contributed by atoms with Crippen LogP contribution in [0.15, 0.2) is 22.9 Å². The van der Waals surface area contributed by atoms with Crippen LogP contribution in [0.3, 0.4) is 0 Å². The van der Waals surface area contributed by atoms with Gasteiger partial charge in [-0.3, -0.25) is 14.5 Å². The predicted molar refractivity (Wildman–Crippen MR) is 142 cm³/mol. The van der Waals surface area contributed by atoms with Gasteiger partial charge in [-0.15, -0.1) is 34.0 Å². The quantitative estimate of drug-likeness (QED) is 0.476. The van der Waals surface area contributed by atoms with E-state index in [2.05, 4.69) is 27.4 Å². The highest BCUT2D eigenvalue weighted by Crippen LogP contribution is 2.32. The molecule has 0 N–H and O–H groups in total. The summed E-state index contributed by atoms with van der Waals surface area (Å²) in [5.74, 6) is 0.453. The maximum Gasteiger partial charge on any atom is 0.273 e. The number of aromatic nitrogens is 2. The summed E-state index contributed by atoms with van der Waals surface area (Å²) in [4.78, 5) is 43.6. The predicted octanol–water partition coefficient (Wildman–Crippen LogP) is 4.30. The van der Waals surface area contributed by atoms with Crippen LogP contribution in [0.2, 0.25) is 0 Å². The third kappa shape index (κ3) is 5.66. The number of thiophene rings is 1. The largest absolute Gasteiger partial charge is 0.338 e. The average molecular weight is 530 g/mol. The normalized spacial score (nSPS) is 17.8. The fraction of sp³-hybridized carbons (Fsp3) is 0.520. The van der Waals surface area contributed by atoms with Crippen molar-refractivity contribution in [2.45, 2.75) is 39.0 Å². The van der Waals surface area contributed by atoms with E-state index >= 15 is 0 Å². The van der Waals surface area contributed by atoms with Gasteiger partial charge in [0.2, 0.25) is 0 Å². The molecule has 2 saturated heterocycles. The smallest absolute Gasteiger partial charge is 0.273 e. The number of piperazine rings is 1. The molecule has 0 atom stereocenters. The summed E-state index contributed by atoms with van der Waals surface area (Å²) in [5.41, 5.74) is 1.40. The lowest BCUT2D eigenvalue weighted by atomic mass is 9.97. The van der Waals surface area contributed by atoms with Gasteiger partial charge in [0.1, 0.15) is 10.6 Å². The van der Waals surface area contributed by atoms with Crippen LogP contribution >= 0.6 is 34.0 Å². The number of carbonyl (C=O) groups excluding carboxylic acids is 2. The van der Waals surface area contributed by atoms with Crippen molar-refractivity contribution in [2.24, 2.45) is 0 Å². The van der Waals surface area contributed by atoms with Crippen molar-refractivity contribution < 1.29 is 9.59 Å². The minimum Gasteiger partial charge on any atom is -0.338 e. The second-order valence-corrected chi connectivity index (χ2v) is 12.4. The molecule has 2 amide bonds. The number of hydrogen-bond acceptors (Lipinski definition) is 8. The zero-order chi connectivity index (χ0) is 24.4. The van der Waals surface area contributed by atoms with Gasteiger partial charge in [0.25, 0.3) is 11.8 Å². The molecule has 0 saturated carbocycles. The first-order valence-electron chi connectivity index (χ1n) is 12.2. The van der Waals surface area contributed by atoms with Gasteiger partial charge in [0, 0.05) is 62.0 Å². The van der Waals surface area contributed by atoms with E-state index in [4.69, 9.17) is 4.98 Å². The highest BCUT2D eigenvalue weighted by atomic mass is 32.1. The van der Waals surface area contributed by atoms with E-state index < -0.39 is 0 Å². The number of aryl methyl sites for hydroxylation is 2. The number of hydrogen-bond donors (Lipinski definition) is 0. The molecule has 35 heavy (non-hydrogen) atoms. The van der Waals surface area contributed by atoms with Crippen molar-refractivity contribution in [2.75, 3.05) is 45.8 Å². The van der Waals surface area contributed by atoms with Crippen LogP contribution in [0.1, 0.15) is 59.5 Å². The molecule has 3 aromatic heterocycles. The molecule has 0 aromatic carbocycles. The van der Waals surface area contributed by atoms with E-state index in [1.54, 1.807) is 11.3 Å². The highest BCUT2D eigenvalue weighted by Gasteiger charge is 2.29. The van der Waals surface area contributed by atoms with E-state index in [9.17, 15) is 9.59 Å². The van der Waals surface area contributed by atoms with Crippen molar-refractivity contribution in [3.05, 3.63) is 54.1 Å². The van der Waals surface area contributed by atoms with Crippen LogP contribution in [0.5, 0.6) is 0 Å². The first-order valence-corrected chi connectivity index (χ1v) is 14.8. The summed E-state index contributed by atoms with van der Waals surface area (Å²) in [5, 5.41) is 6.00. The van der Waals surface area contributed by atoms with Crippen LogP contribution in [0.25, 0.3) is 0 Å². The molecule has 5 rings (SSSR count). The van der Waals surface area contributed by atoms with E-state index in [1.165, 1.54) is 16.2 Å². The number of rotatable bonds is 6. The lowest BCUT2D eigenvalue weighted by Crippen LogP contribution is -2.49. The molecule has 0 spiro atoms. The Morgan fingerprint density at radius 2 is 1.71 bits per heavy atom. The number of amides is 2. The summed E-state index contributed by atoms with van der Waals surface area (Å²) in [6.45, 7) is 9.68. The Bertz CT molecular complexity index is 1160. The van der Waals surface area contributed by atoms with E-state index in [1.807, 2.05) is 40.4 Å². The first-order chi connectivity index (χ1) is 17.0. The number of piperidine rings is 1. The van der Waals surface area contributed by atoms with Gasteiger partial charge in [-0.2, -0.15) is 0 Å². The molecule has 2 aliphatic rings. The molecular formula is C25H31N5O2S3. The molecule has 10 heteroatoms. The Labute approximate surface area is 218 Å². The fourth-order valence-corrected chi connectivity index (χ4v) is 7.39. The molecule has 0 bridgehead atoms. The number of nitrogens with zero attached hydrogens (tertiary/aromatic N) is 5. The number of thiazole rings is 2. The third-order valence-electron chi connectivity index (χ3n) is 6.88. The van der Waals surface area contributed by atoms with Gasteiger partial charge in [0.15, 0.2) is 0 Å². The Morgan fingerprint density at radius 1 is 0.971 bits per heavy atom. The Hall–Kier alpha value is -2.14. The Balaban J connectivity index is 1.10. The van der Waals surface area contributed by atoms with E-state index in [0.717, 1.165) is 85.7 Å². The molecular weight excluding hydrogens is 499 g/mol. The Kier molecular flexibility index (Phi) is 7.62. The van der Waals surface area contributed by atoms with Crippen LogP contribution in [0.4, 0.5) is 0 Å². The van der Waals surface area contributed by atoms with Crippen molar-refractivity contribution in [1.29, 1.82) is 0 Å². The zero-order valence-corrected chi connectivity index (χ0v) is 22.7. The highest BCUT2D eigenvalue weighted by molar-refractivity contribution is 7.13. The van der Waals surface area contributed by atoms with Gasteiger partial charge in [-0.25, -0.2) is 9.97 Å². The maximum absolute atomic E-state index is 13.1. The van der Waals surface area contributed by atoms with Crippen LogP contribution < -0.4 is 0 Å². The second-order valence-electron chi connectivity index (χ2n) is 9.25. The summed E-state index contributed by atoms with van der Waals surface area (Å²) in [6.07, 6.45) is 2.84. The topological polar surface area (TPSA) is 69.6 Å². The summed E-state index contributed by atoms with van der Waals surface area (Å²) in [7, 11) is 0. The maximum atomic E-state index is 13.1. The molecule has 0 unspecified atom stereocenters. The molecule has 5 heterocycles. The molecule has 2 aliphatic heterocycles. The van der Waals surface area contributed by atoms with Crippen molar-refractivity contribution in [3.63, 3.8) is 0 Å². The molecule has 0 radical (unpaired) electrons. The van der Waals surface area contributed by atoms with E-state index in [0.29, 0.717) is 11.6 Å². The number of carbonyl (C=O) groups is 2. The molecule has 7 nitrogen and oxygen atoms in total. The fourth-order valence-electron chi connectivity index (χ4n) is 4.84. The van der Waals surface area contributed by atoms with Crippen molar-refractivity contribution in [3.8, 4) is 0 Å². The van der Waals surface area contributed by atoms with Gasteiger partial charge in [-0.1, -0.05) is 6.07 Å². The monoisotopic (exact) mass is 529 g/mol. The second kappa shape index (κ2) is 10.9. The number of likely N-dealkylation sites (tertiary alicyclic amines) is 1. The SMILES string of the molecule is Cc1nc(C)c(C(=O)N2CCC(c3nc(C(=O)N4CCN(CCc5cccs5)CC4)cs3)CC2)s1. The van der Waals surface area contributed by atoms with Gasteiger partial charge in [-0.05, 0) is 44.6 Å². The lowest BCUT2D eigenvalue weighted by Gasteiger charge is -2.34. The summed E-state index contributed by atoms with van der Waals surface area (Å²) >= 11 is 4.88. The molecule has 2 fully saturated rings. The summed E-state index contributed by atoms with van der Waals surface area (Å²) in [6, 6.07) is 4.29. The Morgan fingerprint density at radius 3 is 2.37 bits per heavy atom.